The topological polar surface area (TPSA) is 107 Å². The van der Waals surface area contributed by atoms with Crippen molar-refractivity contribution in [3.05, 3.63) is 0 Å². The van der Waals surface area contributed by atoms with E-state index in [0.29, 0.717) is 0 Å². The number of carboxylic acids is 1. The number of carboxylic acid groups (broad SMARTS) is 1. The number of aliphatic carboxylic acids is 1. The third-order valence-corrected chi connectivity index (χ3v) is 2.81. The molecule has 0 radical (unpaired) electrons. The summed E-state index contributed by atoms with van der Waals surface area (Å²) >= 11 is 0. The van der Waals surface area contributed by atoms with Crippen LogP contribution in [0, 0.1) is 0 Å². The molecule has 8 nitrogen and oxygen atoms in total. The van der Waals surface area contributed by atoms with Crippen molar-refractivity contribution in [1.29, 1.82) is 0 Å². The predicted molar refractivity (Wildman–Crippen MR) is 63.4 cm³/mol. The summed E-state index contributed by atoms with van der Waals surface area (Å²) in [4.78, 5) is 36.4. The highest BCUT2D eigenvalue weighted by Gasteiger charge is 2.40. The highest BCUT2D eigenvalue weighted by atomic mass is 16.5. The van der Waals surface area contributed by atoms with Crippen LogP contribution in [0.4, 0.5) is 4.79 Å². The van der Waals surface area contributed by atoms with Crippen LogP contribution in [0.1, 0.15) is 13.3 Å². The Morgan fingerprint density at radius 2 is 2.05 bits per heavy atom. The number of ether oxygens (including phenoxy) is 1. The molecule has 1 unspecified atom stereocenters. The Bertz CT molecular complexity index is 372. The van der Waals surface area contributed by atoms with E-state index >= 15 is 0 Å². The maximum atomic E-state index is 12.0. The molecular formula is C11H18N2O6. The smallest absolute Gasteiger partial charge is 0.326 e. The highest BCUT2D eigenvalue weighted by Crippen LogP contribution is 2.19. The first kappa shape index (κ1) is 15.2. The van der Waals surface area contributed by atoms with Crippen LogP contribution in [0.15, 0.2) is 0 Å². The molecule has 19 heavy (non-hydrogen) atoms. The summed E-state index contributed by atoms with van der Waals surface area (Å²) in [6.07, 6.45) is -0.866. The molecular weight excluding hydrogens is 256 g/mol. The monoisotopic (exact) mass is 274 g/mol. The molecule has 0 aromatic rings. The number of amides is 2. The summed E-state index contributed by atoms with van der Waals surface area (Å²) in [6.45, 7) is 1.55. The van der Waals surface area contributed by atoms with Gasteiger partial charge in [0.15, 0.2) is 0 Å². The molecule has 1 saturated heterocycles. The number of esters is 1. The standard InChI is InChI=1S/C11H18N2O6/c1-3-19-9(15)6-12(2)11(18)13-5-7(14)4-8(13)10(16)17/h7-8,14H,3-6H2,1-2H3,(H,16,17)/t7?,8-/m0/s1. The summed E-state index contributed by atoms with van der Waals surface area (Å²) in [7, 11) is 1.38. The zero-order valence-corrected chi connectivity index (χ0v) is 10.9. The number of aliphatic hydroxyl groups excluding tert-OH is 1. The van der Waals surface area contributed by atoms with E-state index in [-0.39, 0.29) is 26.1 Å². The van der Waals surface area contributed by atoms with Crippen molar-refractivity contribution in [2.75, 3.05) is 26.7 Å². The van der Waals surface area contributed by atoms with Gasteiger partial charge in [-0.2, -0.15) is 0 Å². The number of likely N-dealkylation sites (N-methyl/N-ethyl adjacent to an activating group) is 1. The lowest BCUT2D eigenvalue weighted by molar-refractivity contribution is -0.143. The molecule has 0 aromatic heterocycles. The lowest BCUT2D eigenvalue weighted by atomic mass is 10.2. The Morgan fingerprint density at radius 1 is 1.42 bits per heavy atom. The number of urea groups is 1. The van der Waals surface area contributed by atoms with E-state index in [0.717, 1.165) is 9.80 Å². The van der Waals surface area contributed by atoms with Gasteiger partial charge in [0.05, 0.1) is 12.7 Å². The Labute approximate surface area is 110 Å². The molecule has 1 rings (SSSR count). The molecule has 1 aliphatic rings. The number of β-amino-alcohol motifs (C(OH)–C–C–N with tert-alkyl or cyclic N) is 1. The van der Waals surface area contributed by atoms with E-state index in [2.05, 4.69) is 0 Å². The Hall–Kier alpha value is -1.83. The molecule has 0 aliphatic carbocycles. The highest BCUT2D eigenvalue weighted by molar-refractivity contribution is 5.85. The van der Waals surface area contributed by atoms with Crippen LogP contribution in [-0.2, 0) is 14.3 Å². The maximum absolute atomic E-state index is 12.0. The zero-order valence-electron chi connectivity index (χ0n) is 10.9. The van der Waals surface area contributed by atoms with E-state index in [9.17, 15) is 19.5 Å². The second-order valence-corrected chi connectivity index (χ2v) is 4.34. The Balaban J connectivity index is 2.65. The Morgan fingerprint density at radius 3 is 2.58 bits per heavy atom. The van der Waals surface area contributed by atoms with Gasteiger partial charge < -0.3 is 24.7 Å². The van der Waals surface area contributed by atoms with Crippen LogP contribution >= 0.6 is 0 Å². The number of rotatable bonds is 4. The number of hydrogen-bond donors (Lipinski definition) is 2. The number of nitrogens with zero attached hydrogens (tertiary/aromatic N) is 2. The van der Waals surface area contributed by atoms with Crippen LogP contribution < -0.4 is 0 Å². The van der Waals surface area contributed by atoms with Crippen molar-refractivity contribution in [2.45, 2.75) is 25.5 Å². The molecule has 0 aromatic carbocycles. The number of likely N-dealkylation sites (tertiary alicyclic amines) is 1. The summed E-state index contributed by atoms with van der Waals surface area (Å²) in [6, 6.07) is -1.68. The zero-order chi connectivity index (χ0) is 14.6. The van der Waals surface area contributed by atoms with Gasteiger partial charge in [0.25, 0.3) is 0 Å². The maximum Gasteiger partial charge on any atom is 0.326 e. The van der Waals surface area contributed by atoms with Crippen LogP contribution in [0.5, 0.6) is 0 Å². The molecule has 8 heteroatoms. The van der Waals surface area contributed by atoms with Crippen molar-refractivity contribution in [3.63, 3.8) is 0 Å². The van der Waals surface area contributed by atoms with Crippen LogP contribution in [0.2, 0.25) is 0 Å². The molecule has 0 saturated carbocycles. The first-order valence-corrected chi connectivity index (χ1v) is 5.95. The minimum absolute atomic E-state index is 0.00564. The van der Waals surface area contributed by atoms with Crippen molar-refractivity contribution >= 4 is 18.0 Å². The average Bonchev–Trinajstić information content (AvgIpc) is 2.70. The van der Waals surface area contributed by atoms with E-state index in [1.807, 2.05) is 0 Å². The molecule has 1 fully saturated rings. The van der Waals surface area contributed by atoms with Crippen LogP contribution in [-0.4, -0.2) is 76.9 Å². The first-order valence-electron chi connectivity index (χ1n) is 5.95. The molecule has 1 heterocycles. The van der Waals surface area contributed by atoms with E-state index in [4.69, 9.17) is 9.84 Å². The molecule has 108 valence electrons. The van der Waals surface area contributed by atoms with Gasteiger partial charge in [-0.1, -0.05) is 0 Å². The van der Waals surface area contributed by atoms with Crippen molar-refractivity contribution in [2.24, 2.45) is 0 Å². The van der Waals surface area contributed by atoms with Gasteiger partial charge in [0.2, 0.25) is 0 Å². The van der Waals surface area contributed by atoms with Crippen LogP contribution in [0.3, 0.4) is 0 Å². The number of aliphatic hydroxyl groups is 1. The van der Waals surface area contributed by atoms with Gasteiger partial charge in [-0.3, -0.25) is 4.79 Å². The number of carbonyl (C=O) groups is 3. The Kier molecular flexibility index (Phi) is 5.11. The minimum atomic E-state index is -1.17. The quantitative estimate of drug-likeness (QED) is 0.645. The first-order chi connectivity index (χ1) is 8.86. The summed E-state index contributed by atoms with van der Waals surface area (Å²) < 4.78 is 4.70. The lowest BCUT2D eigenvalue weighted by Gasteiger charge is -2.26. The molecule has 1 aliphatic heterocycles. The molecule has 0 spiro atoms. The predicted octanol–water partition coefficient (Wildman–Crippen LogP) is -0.879. The van der Waals surface area contributed by atoms with Gasteiger partial charge in [-0.15, -0.1) is 0 Å². The van der Waals surface area contributed by atoms with E-state index < -0.39 is 30.1 Å². The largest absolute Gasteiger partial charge is 0.480 e. The fourth-order valence-corrected chi connectivity index (χ4v) is 1.95. The van der Waals surface area contributed by atoms with Crippen molar-refractivity contribution in [3.8, 4) is 0 Å². The number of carbonyl (C=O) groups excluding carboxylic acids is 2. The van der Waals surface area contributed by atoms with Crippen molar-refractivity contribution < 1.29 is 29.3 Å². The van der Waals surface area contributed by atoms with E-state index in [1.54, 1.807) is 6.92 Å². The third kappa shape index (κ3) is 3.82. The van der Waals surface area contributed by atoms with Gasteiger partial charge in [-0.05, 0) is 6.92 Å². The van der Waals surface area contributed by atoms with Gasteiger partial charge in [-0.25, -0.2) is 9.59 Å². The van der Waals surface area contributed by atoms with Gasteiger partial charge in [0, 0.05) is 20.0 Å². The SMILES string of the molecule is CCOC(=O)CN(C)C(=O)N1CC(O)C[C@H]1C(=O)O. The number of hydrogen-bond acceptors (Lipinski definition) is 5. The summed E-state index contributed by atoms with van der Waals surface area (Å²) in [5, 5.41) is 18.4. The fraction of sp³-hybridized carbons (Fsp3) is 0.727. The second-order valence-electron chi connectivity index (χ2n) is 4.34. The molecule has 0 bridgehead atoms. The molecule has 2 amide bonds. The minimum Gasteiger partial charge on any atom is -0.480 e. The van der Waals surface area contributed by atoms with Gasteiger partial charge >= 0.3 is 18.0 Å². The normalized spacial score (nSPS) is 22.2. The summed E-state index contributed by atoms with van der Waals surface area (Å²) in [5.41, 5.74) is 0. The summed E-state index contributed by atoms with van der Waals surface area (Å²) in [5.74, 6) is -1.74. The van der Waals surface area contributed by atoms with E-state index in [1.165, 1.54) is 7.05 Å². The average molecular weight is 274 g/mol. The van der Waals surface area contributed by atoms with Crippen LogP contribution in [0.25, 0.3) is 0 Å². The van der Waals surface area contributed by atoms with Gasteiger partial charge in [0.1, 0.15) is 12.6 Å². The molecule has 2 atom stereocenters. The second kappa shape index (κ2) is 6.37. The third-order valence-electron chi connectivity index (χ3n) is 2.81. The van der Waals surface area contributed by atoms with Crippen molar-refractivity contribution in [1.82, 2.24) is 9.80 Å². The molecule has 2 N–H and O–H groups in total. The fourth-order valence-electron chi connectivity index (χ4n) is 1.95. The lowest BCUT2D eigenvalue weighted by Crippen LogP contribution is -2.48.